The molecule has 2 aliphatic heterocycles. The van der Waals surface area contributed by atoms with Crippen LogP contribution in [0.15, 0.2) is 76.5 Å². The van der Waals surface area contributed by atoms with E-state index in [1.807, 2.05) is 30.1 Å². The minimum Gasteiger partial charge on any atom is -0.339 e. The Morgan fingerprint density at radius 3 is 2.70 bits per heavy atom. The van der Waals surface area contributed by atoms with Crippen LogP contribution in [0.5, 0.6) is 0 Å². The summed E-state index contributed by atoms with van der Waals surface area (Å²) in [6, 6.07) is 19.1. The molecule has 0 saturated carbocycles. The maximum absolute atomic E-state index is 5.08. The maximum atomic E-state index is 5.08. The number of pyridine rings is 1. The number of nitrogens with zero attached hydrogens (tertiary/aromatic N) is 4. The monoisotopic (exact) mass is 438 g/mol. The van der Waals surface area contributed by atoms with Gasteiger partial charge in [0.25, 0.3) is 0 Å². The highest BCUT2D eigenvalue weighted by molar-refractivity contribution is 9.10. The van der Waals surface area contributed by atoms with E-state index >= 15 is 0 Å². The van der Waals surface area contributed by atoms with Crippen LogP contribution in [0.25, 0.3) is 5.69 Å². The Bertz CT molecular complexity index is 983. The van der Waals surface area contributed by atoms with Crippen LogP contribution in [-0.2, 0) is 0 Å². The van der Waals surface area contributed by atoms with E-state index in [9.17, 15) is 0 Å². The highest BCUT2D eigenvalue weighted by Gasteiger charge is 2.44. The molecule has 4 nitrogen and oxygen atoms in total. The molecule has 1 fully saturated rings. The summed E-state index contributed by atoms with van der Waals surface area (Å²) < 4.78 is 3.36. The molecule has 27 heavy (non-hydrogen) atoms. The van der Waals surface area contributed by atoms with Crippen molar-refractivity contribution in [1.29, 1.82) is 0 Å². The van der Waals surface area contributed by atoms with Crippen molar-refractivity contribution in [3.63, 3.8) is 0 Å². The van der Waals surface area contributed by atoms with Gasteiger partial charge in [0.05, 0.1) is 11.7 Å². The van der Waals surface area contributed by atoms with E-state index in [0.29, 0.717) is 5.25 Å². The van der Waals surface area contributed by atoms with Crippen LogP contribution in [0.2, 0.25) is 0 Å². The minimum atomic E-state index is 0.0188. The van der Waals surface area contributed by atoms with Crippen molar-refractivity contribution >= 4 is 32.9 Å². The molecule has 0 aliphatic carbocycles. The lowest BCUT2D eigenvalue weighted by molar-refractivity contribution is 0.312. The van der Waals surface area contributed by atoms with Crippen LogP contribution >= 0.6 is 27.7 Å². The standard InChI is InChI=1S/C21H19BrN4S/c1-14-13-26-20(19(24-21(26)27-14)17-5-2-3-11-23-17)18-6-4-12-25(18)16-9-7-15(22)8-10-16/h2-12,14,19-20H,13H2,1H3/t14-,19+,20-/m1/s1. The van der Waals surface area contributed by atoms with E-state index in [2.05, 4.69) is 86.0 Å². The van der Waals surface area contributed by atoms with E-state index in [0.717, 1.165) is 27.6 Å². The van der Waals surface area contributed by atoms with Gasteiger partial charge < -0.3 is 9.47 Å². The van der Waals surface area contributed by atoms with Crippen LogP contribution in [0, 0.1) is 0 Å². The van der Waals surface area contributed by atoms with Gasteiger partial charge in [-0.05, 0) is 48.5 Å². The number of halogens is 1. The van der Waals surface area contributed by atoms with Crippen molar-refractivity contribution in [1.82, 2.24) is 14.5 Å². The normalized spacial score (nSPS) is 24.1. The third kappa shape index (κ3) is 3.01. The number of hydrogen-bond acceptors (Lipinski definition) is 4. The third-order valence-corrected chi connectivity index (χ3v) is 6.70. The highest BCUT2D eigenvalue weighted by atomic mass is 79.9. The first kappa shape index (κ1) is 17.1. The molecular formula is C21H19BrN4S. The molecule has 136 valence electrons. The predicted octanol–water partition coefficient (Wildman–Crippen LogP) is 5.22. The largest absolute Gasteiger partial charge is 0.339 e. The Morgan fingerprint density at radius 2 is 1.93 bits per heavy atom. The van der Waals surface area contributed by atoms with Gasteiger partial charge in [0.2, 0.25) is 0 Å². The molecule has 3 aromatic rings. The van der Waals surface area contributed by atoms with Crippen LogP contribution < -0.4 is 0 Å². The Morgan fingerprint density at radius 1 is 1.07 bits per heavy atom. The van der Waals surface area contributed by atoms with Gasteiger partial charge in [-0.3, -0.25) is 9.98 Å². The fourth-order valence-corrected chi connectivity index (χ4v) is 5.27. The number of hydrogen-bond donors (Lipinski definition) is 0. The summed E-state index contributed by atoms with van der Waals surface area (Å²) in [5, 5.41) is 1.71. The van der Waals surface area contributed by atoms with Crippen LogP contribution in [-0.4, -0.2) is 31.4 Å². The SMILES string of the molecule is C[C@@H]1CN2C(=N[C@@H](c3ccccn3)[C@H]2c2cccn2-c2ccc(Br)cc2)S1. The molecule has 1 saturated heterocycles. The van der Waals surface area contributed by atoms with E-state index in [1.54, 1.807) is 0 Å². The van der Waals surface area contributed by atoms with Crippen molar-refractivity contribution in [3.05, 3.63) is 82.9 Å². The molecule has 2 aromatic heterocycles. The summed E-state index contributed by atoms with van der Waals surface area (Å²) in [5.41, 5.74) is 3.44. The Labute approximate surface area is 171 Å². The topological polar surface area (TPSA) is 33.4 Å². The molecule has 5 rings (SSSR count). The Hall–Kier alpha value is -2.05. The lowest BCUT2D eigenvalue weighted by atomic mass is 10.0. The van der Waals surface area contributed by atoms with Crippen LogP contribution in [0.3, 0.4) is 0 Å². The molecule has 3 atom stereocenters. The number of aliphatic imine (C=N–C) groups is 1. The second kappa shape index (κ2) is 6.84. The maximum Gasteiger partial charge on any atom is 0.160 e. The summed E-state index contributed by atoms with van der Waals surface area (Å²) >= 11 is 5.40. The average molecular weight is 439 g/mol. The molecule has 1 aromatic carbocycles. The van der Waals surface area contributed by atoms with Gasteiger partial charge in [-0.15, -0.1) is 0 Å². The van der Waals surface area contributed by atoms with E-state index < -0.39 is 0 Å². The van der Waals surface area contributed by atoms with Gasteiger partial charge in [0, 0.05) is 40.0 Å². The van der Waals surface area contributed by atoms with Gasteiger partial charge in [0.15, 0.2) is 5.17 Å². The zero-order valence-corrected chi connectivity index (χ0v) is 17.3. The first-order valence-electron chi connectivity index (χ1n) is 9.06. The fraction of sp³-hybridized carbons (Fsp3) is 0.238. The smallest absolute Gasteiger partial charge is 0.160 e. The first-order chi connectivity index (χ1) is 13.2. The summed E-state index contributed by atoms with van der Waals surface area (Å²) in [4.78, 5) is 12.2. The zero-order valence-electron chi connectivity index (χ0n) is 14.9. The first-order valence-corrected chi connectivity index (χ1v) is 10.7. The van der Waals surface area contributed by atoms with Gasteiger partial charge in [-0.2, -0.15) is 0 Å². The Kier molecular flexibility index (Phi) is 4.32. The Balaban J connectivity index is 1.60. The molecule has 0 spiro atoms. The lowest BCUT2D eigenvalue weighted by Gasteiger charge is -2.28. The number of rotatable bonds is 3. The van der Waals surface area contributed by atoms with Crippen molar-refractivity contribution in [2.75, 3.05) is 6.54 Å². The molecule has 0 radical (unpaired) electrons. The van der Waals surface area contributed by atoms with E-state index in [4.69, 9.17) is 4.99 Å². The summed E-state index contributed by atoms with van der Waals surface area (Å²) in [6.45, 7) is 3.29. The molecule has 4 heterocycles. The lowest BCUT2D eigenvalue weighted by Crippen LogP contribution is -2.30. The highest BCUT2D eigenvalue weighted by Crippen LogP contribution is 2.47. The number of aromatic nitrogens is 2. The number of amidine groups is 1. The third-order valence-electron chi connectivity index (χ3n) is 5.07. The quantitative estimate of drug-likeness (QED) is 0.561. The van der Waals surface area contributed by atoms with Crippen LogP contribution in [0.1, 0.15) is 30.4 Å². The van der Waals surface area contributed by atoms with Gasteiger partial charge in [-0.1, -0.05) is 40.7 Å². The summed E-state index contributed by atoms with van der Waals surface area (Å²) in [7, 11) is 0. The van der Waals surface area contributed by atoms with Crippen molar-refractivity contribution in [3.8, 4) is 5.69 Å². The van der Waals surface area contributed by atoms with Crippen LogP contribution in [0.4, 0.5) is 0 Å². The second-order valence-electron chi connectivity index (χ2n) is 6.92. The molecular weight excluding hydrogens is 420 g/mol. The molecule has 0 bridgehead atoms. The minimum absolute atomic E-state index is 0.0188. The molecule has 6 heteroatoms. The van der Waals surface area contributed by atoms with Gasteiger partial charge in [0.1, 0.15) is 6.04 Å². The summed E-state index contributed by atoms with van der Waals surface area (Å²) in [6.07, 6.45) is 4.00. The number of fused-ring (bicyclic) bond motifs is 1. The van der Waals surface area contributed by atoms with E-state index in [1.165, 1.54) is 5.69 Å². The molecule has 2 aliphatic rings. The zero-order chi connectivity index (χ0) is 18.4. The van der Waals surface area contributed by atoms with E-state index in [-0.39, 0.29) is 12.1 Å². The summed E-state index contributed by atoms with van der Waals surface area (Å²) in [5.74, 6) is 0. The van der Waals surface area contributed by atoms with Gasteiger partial charge in [-0.25, -0.2) is 0 Å². The number of thioether (sulfide) groups is 1. The molecule has 0 amide bonds. The van der Waals surface area contributed by atoms with Crippen molar-refractivity contribution < 1.29 is 0 Å². The predicted molar refractivity (Wildman–Crippen MR) is 114 cm³/mol. The number of benzene rings is 1. The fourth-order valence-electron chi connectivity index (χ4n) is 3.91. The van der Waals surface area contributed by atoms with Gasteiger partial charge >= 0.3 is 0 Å². The van der Waals surface area contributed by atoms with Crippen molar-refractivity contribution in [2.24, 2.45) is 4.99 Å². The van der Waals surface area contributed by atoms with Crippen molar-refractivity contribution in [2.45, 2.75) is 24.3 Å². The molecule has 0 N–H and O–H groups in total. The molecule has 0 unspecified atom stereocenters. The average Bonchev–Trinajstić information content (AvgIpc) is 3.37. The second-order valence-corrected chi connectivity index (χ2v) is 9.24.